The van der Waals surface area contributed by atoms with Crippen LogP contribution in [0.4, 0.5) is 5.69 Å². The highest BCUT2D eigenvalue weighted by atomic mass is 16.5. The monoisotopic (exact) mass is 308 g/mol. The van der Waals surface area contributed by atoms with Crippen LogP contribution in [0.15, 0.2) is 64.8 Å². The van der Waals surface area contributed by atoms with E-state index in [0.29, 0.717) is 23.8 Å². The SMILES string of the molecule is CCOc1cccc(NC(=O)/C(C#N)=C/C=C/c2ccco2)c1. The molecule has 116 valence electrons. The minimum Gasteiger partial charge on any atom is -0.494 e. The van der Waals surface area contributed by atoms with Crippen molar-refractivity contribution in [1.29, 1.82) is 5.26 Å². The maximum atomic E-state index is 12.1. The number of benzene rings is 1. The minimum atomic E-state index is -0.481. The topological polar surface area (TPSA) is 75.3 Å². The van der Waals surface area contributed by atoms with Gasteiger partial charge in [0, 0.05) is 11.8 Å². The van der Waals surface area contributed by atoms with Crippen LogP contribution >= 0.6 is 0 Å². The molecule has 0 saturated carbocycles. The Hall–Kier alpha value is -3.26. The van der Waals surface area contributed by atoms with Gasteiger partial charge < -0.3 is 14.5 Å². The van der Waals surface area contributed by atoms with E-state index in [9.17, 15) is 4.79 Å². The maximum Gasteiger partial charge on any atom is 0.266 e. The predicted molar refractivity (Wildman–Crippen MR) is 87.7 cm³/mol. The Balaban J connectivity index is 2.05. The van der Waals surface area contributed by atoms with Gasteiger partial charge in [0.15, 0.2) is 0 Å². The number of allylic oxidation sites excluding steroid dienone is 2. The van der Waals surface area contributed by atoms with Gasteiger partial charge in [-0.2, -0.15) is 5.26 Å². The van der Waals surface area contributed by atoms with E-state index in [1.54, 1.807) is 54.8 Å². The van der Waals surface area contributed by atoms with Gasteiger partial charge in [-0.25, -0.2) is 0 Å². The van der Waals surface area contributed by atoms with Crippen molar-refractivity contribution in [3.63, 3.8) is 0 Å². The molecule has 2 rings (SSSR count). The van der Waals surface area contributed by atoms with Gasteiger partial charge in [0.05, 0.1) is 12.9 Å². The second kappa shape index (κ2) is 8.25. The number of anilines is 1. The molecule has 0 aliphatic rings. The molecule has 5 nitrogen and oxygen atoms in total. The number of hydrogen-bond acceptors (Lipinski definition) is 4. The van der Waals surface area contributed by atoms with Crippen molar-refractivity contribution in [3.8, 4) is 11.8 Å². The zero-order chi connectivity index (χ0) is 16.5. The summed E-state index contributed by atoms with van der Waals surface area (Å²) in [4.78, 5) is 12.1. The van der Waals surface area contributed by atoms with Crippen molar-refractivity contribution < 1.29 is 13.9 Å². The van der Waals surface area contributed by atoms with Crippen LogP contribution in [0, 0.1) is 11.3 Å². The fourth-order valence-corrected chi connectivity index (χ4v) is 1.82. The van der Waals surface area contributed by atoms with Gasteiger partial charge in [-0.3, -0.25) is 4.79 Å². The van der Waals surface area contributed by atoms with E-state index in [1.807, 2.05) is 13.0 Å². The number of carbonyl (C=O) groups is 1. The highest BCUT2D eigenvalue weighted by molar-refractivity contribution is 6.06. The number of nitrogens with zero attached hydrogens (tertiary/aromatic N) is 1. The van der Waals surface area contributed by atoms with Crippen LogP contribution in [0.3, 0.4) is 0 Å². The summed E-state index contributed by atoms with van der Waals surface area (Å²) in [7, 11) is 0. The quantitative estimate of drug-likeness (QED) is 0.500. The van der Waals surface area contributed by atoms with Gasteiger partial charge in [-0.15, -0.1) is 0 Å². The largest absolute Gasteiger partial charge is 0.494 e. The Morgan fingerprint density at radius 2 is 2.26 bits per heavy atom. The van der Waals surface area contributed by atoms with E-state index in [2.05, 4.69) is 5.32 Å². The van der Waals surface area contributed by atoms with E-state index in [1.165, 1.54) is 6.08 Å². The number of carbonyl (C=O) groups excluding carboxylic acids is 1. The molecule has 1 amide bonds. The molecule has 0 saturated heterocycles. The summed E-state index contributed by atoms with van der Waals surface area (Å²) in [6.07, 6.45) is 6.24. The van der Waals surface area contributed by atoms with E-state index in [4.69, 9.17) is 14.4 Å². The molecule has 1 heterocycles. The molecule has 1 aromatic heterocycles. The van der Waals surface area contributed by atoms with Crippen molar-refractivity contribution in [2.45, 2.75) is 6.92 Å². The number of amides is 1. The van der Waals surface area contributed by atoms with Crippen LogP contribution in [-0.4, -0.2) is 12.5 Å². The molecule has 0 spiro atoms. The summed E-state index contributed by atoms with van der Waals surface area (Å²) in [5.74, 6) is 0.819. The molecule has 23 heavy (non-hydrogen) atoms. The third-order valence-electron chi connectivity index (χ3n) is 2.83. The van der Waals surface area contributed by atoms with Gasteiger partial charge in [0.2, 0.25) is 0 Å². The van der Waals surface area contributed by atoms with Crippen LogP contribution in [-0.2, 0) is 4.79 Å². The Labute approximate surface area is 134 Å². The molecule has 2 aromatic rings. The fourth-order valence-electron chi connectivity index (χ4n) is 1.82. The van der Waals surface area contributed by atoms with Crippen LogP contribution in [0.1, 0.15) is 12.7 Å². The normalized spacial score (nSPS) is 11.2. The van der Waals surface area contributed by atoms with Gasteiger partial charge in [-0.05, 0) is 43.3 Å². The first-order chi connectivity index (χ1) is 11.2. The summed E-state index contributed by atoms with van der Waals surface area (Å²) in [6.45, 7) is 2.42. The van der Waals surface area contributed by atoms with Crippen LogP contribution in [0.5, 0.6) is 5.75 Å². The van der Waals surface area contributed by atoms with E-state index >= 15 is 0 Å². The molecule has 0 aliphatic heterocycles. The number of rotatable bonds is 6. The molecule has 1 N–H and O–H groups in total. The highest BCUT2D eigenvalue weighted by Crippen LogP contribution is 2.17. The number of nitriles is 1. The molecular weight excluding hydrogens is 292 g/mol. The van der Waals surface area contributed by atoms with Gasteiger partial charge in [0.1, 0.15) is 23.2 Å². The first kappa shape index (κ1) is 16.1. The molecule has 0 bridgehead atoms. The molecule has 0 unspecified atom stereocenters. The van der Waals surface area contributed by atoms with Crippen LogP contribution in [0.2, 0.25) is 0 Å². The fraction of sp³-hybridized carbons (Fsp3) is 0.111. The van der Waals surface area contributed by atoms with Crippen LogP contribution < -0.4 is 10.1 Å². The standard InChI is InChI=1S/C18H16N2O3/c1-2-22-17-9-4-7-15(12-17)20-18(21)14(13-19)6-3-8-16-10-5-11-23-16/h3-12H,2H2,1H3,(H,20,21)/b8-3+,14-6+. The van der Waals surface area contributed by atoms with E-state index < -0.39 is 5.91 Å². The predicted octanol–water partition coefficient (Wildman–Crippen LogP) is 3.78. The molecule has 0 atom stereocenters. The Morgan fingerprint density at radius 1 is 1.39 bits per heavy atom. The van der Waals surface area contributed by atoms with Crippen molar-refractivity contribution >= 4 is 17.7 Å². The van der Waals surface area contributed by atoms with Crippen molar-refractivity contribution in [3.05, 3.63) is 66.1 Å². The van der Waals surface area contributed by atoms with Crippen molar-refractivity contribution in [1.82, 2.24) is 0 Å². The Morgan fingerprint density at radius 3 is 2.96 bits per heavy atom. The lowest BCUT2D eigenvalue weighted by molar-refractivity contribution is -0.112. The second-order valence-corrected chi connectivity index (χ2v) is 4.48. The van der Waals surface area contributed by atoms with Gasteiger partial charge in [0.25, 0.3) is 5.91 Å². The van der Waals surface area contributed by atoms with Gasteiger partial charge >= 0.3 is 0 Å². The first-order valence-corrected chi connectivity index (χ1v) is 7.09. The van der Waals surface area contributed by atoms with E-state index in [0.717, 1.165) is 0 Å². The Bertz CT molecular complexity index is 753. The molecule has 5 heteroatoms. The van der Waals surface area contributed by atoms with Crippen LogP contribution in [0.25, 0.3) is 6.08 Å². The molecule has 0 aliphatic carbocycles. The average Bonchev–Trinajstić information content (AvgIpc) is 3.05. The van der Waals surface area contributed by atoms with E-state index in [-0.39, 0.29) is 5.57 Å². The third kappa shape index (κ3) is 4.90. The summed E-state index contributed by atoms with van der Waals surface area (Å²) in [6, 6.07) is 12.4. The smallest absolute Gasteiger partial charge is 0.266 e. The lowest BCUT2D eigenvalue weighted by Gasteiger charge is -2.07. The lowest BCUT2D eigenvalue weighted by Crippen LogP contribution is -2.13. The molecule has 0 fully saturated rings. The summed E-state index contributed by atoms with van der Waals surface area (Å²) in [5.41, 5.74) is 0.562. The lowest BCUT2D eigenvalue weighted by atomic mass is 10.2. The van der Waals surface area contributed by atoms with Crippen molar-refractivity contribution in [2.75, 3.05) is 11.9 Å². The number of nitrogens with one attached hydrogen (secondary N) is 1. The average molecular weight is 308 g/mol. The zero-order valence-corrected chi connectivity index (χ0v) is 12.7. The minimum absolute atomic E-state index is 0.00498. The number of ether oxygens (including phenoxy) is 1. The molecule has 1 aromatic carbocycles. The summed E-state index contributed by atoms with van der Waals surface area (Å²) in [5, 5.41) is 11.8. The molecule has 0 radical (unpaired) electrons. The number of hydrogen-bond donors (Lipinski definition) is 1. The number of furan rings is 1. The summed E-state index contributed by atoms with van der Waals surface area (Å²) < 4.78 is 10.5. The Kier molecular flexibility index (Phi) is 5.78. The molecular formula is C18H16N2O3. The first-order valence-electron chi connectivity index (χ1n) is 7.09. The maximum absolute atomic E-state index is 12.1. The van der Waals surface area contributed by atoms with Gasteiger partial charge in [-0.1, -0.05) is 12.1 Å². The zero-order valence-electron chi connectivity index (χ0n) is 12.7. The van der Waals surface area contributed by atoms with Crippen molar-refractivity contribution in [2.24, 2.45) is 0 Å². The second-order valence-electron chi connectivity index (χ2n) is 4.48. The third-order valence-corrected chi connectivity index (χ3v) is 2.83. The summed E-state index contributed by atoms with van der Waals surface area (Å²) >= 11 is 0. The highest BCUT2D eigenvalue weighted by Gasteiger charge is 2.08.